The Hall–Kier alpha value is -1.37. The number of imide groups is 1. The molecule has 1 saturated carbocycles. The van der Waals surface area contributed by atoms with Crippen LogP contribution in [0.25, 0.3) is 0 Å². The Morgan fingerprint density at radius 2 is 1.83 bits per heavy atom. The lowest BCUT2D eigenvalue weighted by Gasteiger charge is -2.24. The molecule has 4 nitrogen and oxygen atoms in total. The van der Waals surface area contributed by atoms with Crippen LogP contribution in [0.3, 0.4) is 0 Å². The van der Waals surface area contributed by atoms with E-state index in [1.165, 1.54) is 4.90 Å². The molecule has 1 heterocycles. The predicted molar refractivity (Wildman–Crippen MR) is 66.2 cm³/mol. The maximum absolute atomic E-state index is 12.3. The lowest BCUT2D eigenvalue weighted by atomic mass is 10.00. The van der Waals surface area contributed by atoms with Gasteiger partial charge in [0.1, 0.15) is 0 Å². The van der Waals surface area contributed by atoms with Gasteiger partial charge >= 0.3 is 0 Å². The molecule has 1 saturated heterocycles. The molecule has 2 amide bonds. The molecule has 0 N–H and O–H groups in total. The van der Waals surface area contributed by atoms with Crippen LogP contribution < -0.4 is 0 Å². The highest BCUT2D eigenvalue weighted by Gasteiger charge is 2.53. The first-order valence-electron chi connectivity index (χ1n) is 6.87. The number of carbonyl (C=O) groups is 2. The van der Waals surface area contributed by atoms with Gasteiger partial charge in [0.2, 0.25) is 11.8 Å². The fraction of sp³-hybridized carbons (Fsp3) is 0.786. The third-order valence-corrected chi connectivity index (χ3v) is 4.51. The van der Waals surface area contributed by atoms with Crippen molar-refractivity contribution in [1.82, 2.24) is 4.90 Å². The first-order valence-corrected chi connectivity index (χ1v) is 6.87. The molecule has 4 heteroatoms. The van der Waals surface area contributed by atoms with Crippen molar-refractivity contribution in [2.24, 2.45) is 17.8 Å². The van der Waals surface area contributed by atoms with E-state index < -0.39 is 0 Å². The minimum absolute atomic E-state index is 0.0250. The second-order valence-corrected chi connectivity index (χ2v) is 5.43. The minimum atomic E-state index is -0.222. The summed E-state index contributed by atoms with van der Waals surface area (Å²) in [6.45, 7) is 4.04. The van der Waals surface area contributed by atoms with Crippen LogP contribution in [0.5, 0.6) is 0 Å². The van der Waals surface area contributed by atoms with Crippen LogP contribution in [-0.2, 0) is 9.59 Å². The van der Waals surface area contributed by atoms with E-state index in [4.69, 9.17) is 5.26 Å². The van der Waals surface area contributed by atoms with Gasteiger partial charge in [-0.05, 0) is 25.2 Å². The van der Waals surface area contributed by atoms with Crippen molar-refractivity contribution < 1.29 is 9.59 Å². The molecule has 0 aromatic heterocycles. The molecule has 3 atom stereocenters. The van der Waals surface area contributed by atoms with E-state index in [-0.39, 0.29) is 36.1 Å². The first-order chi connectivity index (χ1) is 8.63. The molecule has 2 fully saturated rings. The second-order valence-electron chi connectivity index (χ2n) is 5.43. The van der Waals surface area contributed by atoms with E-state index in [0.717, 1.165) is 19.3 Å². The Kier molecular flexibility index (Phi) is 3.70. The Balaban J connectivity index is 2.16. The number of hydrogen-bond donors (Lipinski definition) is 0. The fourth-order valence-electron chi connectivity index (χ4n) is 3.37. The van der Waals surface area contributed by atoms with Gasteiger partial charge in [0.25, 0.3) is 0 Å². The lowest BCUT2D eigenvalue weighted by molar-refractivity contribution is -0.143. The van der Waals surface area contributed by atoms with Gasteiger partial charge in [0.15, 0.2) is 0 Å². The number of nitrogens with zero attached hydrogens (tertiary/aromatic N) is 2. The number of hydrogen-bond acceptors (Lipinski definition) is 3. The van der Waals surface area contributed by atoms with E-state index in [1.807, 2.05) is 6.92 Å². The lowest BCUT2D eigenvalue weighted by Crippen LogP contribution is -2.41. The summed E-state index contributed by atoms with van der Waals surface area (Å²) in [5.74, 6) is 0.266. The van der Waals surface area contributed by atoms with Crippen LogP contribution in [-0.4, -0.2) is 22.8 Å². The van der Waals surface area contributed by atoms with Gasteiger partial charge in [-0.15, -0.1) is 0 Å². The van der Waals surface area contributed by atoms with E-state index in [1.54, 1.807) is 0 Å². The number of rotatable bonds is 4. The zero-order valence-electron chi connectivity index (χ0n) is 11.1. The molecule has 3 unspecified atom stereocenters. The van der Waals surface area contributed by atoms with Gasteiger partial charge in [-0.2, -0.15) is 5.26 Å². The van der Waals surface area contributed by atoms with Gasteiger partial charge in [-0.3, -0.25) is 14.5 Å². The van der Waals surface area contributed by atoms with Crippen LogP contribution in [0.4, 0.5) is 0 Å². The predicted octanol–water partition coefficient (Wildman–Crippen LogP) is 2.10. The third-order valence-electron chi connectivity index (χ3n) is 4.51. The smallest absolute Gasteiger partial charge is 0.233 e. The maximum atomic E-state index is 12.3. The molecule has 2 rings (SSSR count). The quantitative estimate of drug-likeness (QED) is 0.716. The van der Waals surface area contributed by atoms with Crippen molar-refractivity contribution in [1.29, 1.82) is 5.26 Å². The summed E-state index contributed by atoms with van der Waals surface area (Å²) in [4.78, 5) is 26.1. The summed E-state index contributed by atoms with van der Waals surface area (Å²) in [5.41, 5.74) is 0. The van der Waals surface area contributed by atoms with Gasteiger partial charge in [0, 0.05) is 0 Å². The van der Waals surface area contributed by atoms with Crippen molar-refractivity contribution in [2.75, 3.05) is 0 Å². The van der Waals surface area contributed by atoms with Crippen LogP contribution >= 0.6 is 0 Å². The molecule has 0 aromatic carbocycles. The molecule has 0 radical (unpaired) electrons. The van der Waals surface area contributed by atoms with Gasteiger partial charge in [0.05, 0.1) is 30.4 Å². The summed E-state index contributed by atoms with van der Waals surface area (Å²) in [6.07, 6.45) is 3.67. The molecule has 0 aromatic rings. The van der Waals surface area contributed by atoms with E-state index in [2.05, 4.69) is 13.0 Å². The second kappa shape index (κ2) is 5.09. The highest BCUT2D eigenvalue weighted by molar-refractivity contribution is 6.05. The zero-order valence-corrected chi connectivity index (χ0v) is 11.1. The first kappa shape index (κ1) is 13.1. The number of nitriles is 1. The van der Waals surface area contributed by atoms with Crippen molar-refractivity contribution in [2.45, 2.75) is 52.0 Å². The summed E-state index contributed by atoms with van der Waals surface area (Å²) >= 11 is 0. The molecule has 2 aliphatic rings. The third kappa shape index (κ3) is 1.92. The number of likely N-dealkylation sites (tertiary alicyclic amines) is 1. The molecule has 18 heavy (non-hydrogen) atoms. The van der Waals surface area contributed by atoms with Crippen molar-refractivity contribution in [3.05, 3.63) is 0 Å². The molecular weight excluding hydrogens is 228 g/mol. The molecule has 1 aliphatic heterocycles. The monoisotopic (exact) mass is 248 g/mol. The minimum Gasteiger partial charge on any atom is -0.278 e. The molecular formula is C14H20N2O2. The largest absolute Gasteiger partial charge is 0.278 e. The average Bonchev–Trinajstić information content (AvgIpc) is 2.89. The SMILES string of the molecule is CCC1CC2C(=O)N(C(CC)CC#N)C(=O)C2C1. The standard InChI is InChI=1S/C14H20N2O2/c1-3-9-7-11-12(8-9)14(18)16(13(11)17)10(4-2)5-6-15/h9-12H,3-5,7-8H2,1-2H3. The number of carbonyl (C=O) groups excluding carboxylic acids is 2. The average molecular weight is 248 g/mol. The van der Waals surface area contributed by atoms with Crippen molar-refractivity contribution in [3.8, 4) is 6.07 Å². The Bertz CT molecular complexity index is 375. The van der Waals surface area contributed by atoms with E-state index in [9.17, 15) is 9.59 Å². The summed E-state index contributed by atoms with van der Waals surface area (Å²) in [5, 5.41) is 8.78. The maximum Gasteiger partial charge on any atom is 0.233 e. The Morgan fingerprint density at radius 3 is 2.22 bits per heavy atom. The van der Waals surface area contributed by atoms with Crippen molar-refractivity contribution >= 4 is 11.8 Å². The van der Waals surface area contributed by atoms with Gasteiger partial charge < -0.3 is 0 Å². The van der Waals surface area contributed by atoms with Crippen molar-refractivity contribution in [3.63, 3.8) is 0 Å². The highest BCUT2D eigenvalue weighted by atomic mass is 16.2. The highest BCUT2D eigenvalue weighted by Crippen LogP contribution is 2.45. The molecule has 0 bridgehead atoms. The normalized spacial score (nSPS) is 32.5. The van der Waals surface area contributed by atoms with Gasteiger partial charge in [-0.25, -0.2) is 0 Å². The van der Waals surface area contributed by atoms with Crippen LogP contribution in [0.15, 0.2) is 0 Å². The summed E-state index contributed by atoms with van der Waals surface area (Å²) in [6, 6.07) is 1.85. The van der Waals surface area contributed by atoms with Crippen LogP contribution in [0.1, 0.15) is 46.0 Å². The van der Waals surface area contributed by atoms with Gasteiger partial charge in [-0.1, -0.05) is 20.3 Å². The molecule has 0 spiro atoms. The summed E-state index contributed by atoms with van der Waals surface area (Å²) in [7, 11) is 0. The van der Waals surface area contributed by atoms with E-state index in [0.29, 0.717) is 12.3 Å². The van der Waals surface area contributed by atoms with E-state index >= 15 is 0 Å². The Morgan fingerprint density at radius 1 is 1.28 bits per heavy atom. The molecule has 1 aliphatic carbocycles. The van der Waals surface area contributed by atoms with Crippen LogP contribution in [0.2, 0.25) is 0 Å². The van der Waals surface area contributed by atoms with Crippen LogP contribution in [0, 0.1) is 29.1 Å². The molecule has 98 valence electrons. The fourth-order valence-corrected chi connectivity index (χ4v) is 3.37. The number of amides is 2. The Labute approximate surface area is 108 Å². The zero-order chi connectivity index (χ0) is 13.3. The summed E-state index contributed by atoms with van der Waals surface area (Å²) < 4.78 is 0. The number of fused-ring (bicyclic) bond motifs is 1. The topological polar surface area (TPSA) is 61.2 Å².